The Morgan fingerprint density at radius 1 is 1.30 bits per heavy atom. The molecule has 0 aliphatic carbocycles. The molecule has 0 saturated heterocycles. The van der Waals surface area contributed by atoms with Crippen LogP contribution in [0.2, 0.25) is 0 Å². The van der Waals surface area contributed by atoms with Crippen LogP contribution in [0.15, 0.2) is 17.5 Å². The molecular formula is C12H18N6OS. The van der Waals surface area contributed by atoms with E-state index in [0.29, 0.717) is 5.95 Å². The molecule has 0 aliphatic rings. The van der Waals surface area contributed by atoms with Crippen LogP contribution in [-0.2, 0) is 6.42 Å². The maximum Gasteiger partial charge on any atom is 0.323 e. The topological polar surface area (TPSA) is 98.0 Å². The number of nitrogens with one attached hydrogen (secondary N) is 2. The number of ether oxygens (including phenoxy) is 1. The van der Waals surface area contributed by atoms with Crippen LogP contribution in [0.4, 0.5) is 11.9 Å². The van der Waals surface area contributed by atoms with Crippen molar-refractivity contribution in [1.82, 2.24) is 15.0 Å². The van der Waals surface area contributed by atoms with Crippen molar-refractivity contribution >= 4 is 23.2 Å². The lowest BCUT2D eigenvalue weighted by Crippen LogP contribution is -2.17. The highest BCUT2D eigenvalue weighted by atomic mass is 32.1. The monoisotopic (exact) mass is 294 g/mol. The van der Waals surface area contributed by atoms with Gasteiger partial charge in [0, 0.05) is 11.4 Å². The first-order chi connectivity index (χ1) is 9.67. The number of nitrogens with zero attached hydrogens (tertiary/aromatic N) is 3. The van der Waals surface area contributed by atoms with Crippen LogP contribution in [0.1, 0.15) is 18.7 Å². The van der Waals surface area contributed by atoms with Gasteiger partial charge in [0.2, 0.25) is 11.9 Å². The van der Waals surface area contributed by atoms with Crippen molar-refractivity contribution in [1.29, 1.82) is 0 Å². The summed E-state index contributed by atoms with van der Waals surface area (Å²) in [5.74, 6) is 6.06. The van der Waals surface area contributed by atoms with E-state index in [2.05, 4.69) is 37.1 Å². The van der Waals surface area contributed by atoms with Crippen LogP contribution in [0, 0.1) is 0 Å². The van der Waals surface area contributed by atoms with E-state index in [-0.39, 0.29) is 18.1 Å². The average Bonchev–Trinajstić information content (AvgIpc) is 2.91. The molecule has 0 bridgehead atoms. The first-order valence-corrected chi connectivity index (χ1v) is 7.21. The van der Waals surface area contributed by atoms with Gasteiger partial charge in [-0.3, -0.25) is 5.43 Å². The van der Waals surface area contributed by atoms with Gasteiger partial charge in [0.15, 0.2) is 0 Å². The van der Waals surface area contributed by atoms with Gasteiger partial charge in [0.05, 0.1) is 6.10 Å². The lowest BCUT2D eigenvalue weighted by molar-refractivity contribution is 0.222. The zero-order valence-corrected chi connectivity index (χ0v) is 12.3. The molecule has 2 heterocycles. The second-order valence-corrected chi connectivity index (χ2v) is 5.36. The summed E-state index contributed by atoms with van der Waals surface area (Å²) < 4.78 is 5.45. The van der Waals surface area contributed by atoms with Gasteiger partial charge in [-0.2, -0.15) is 15.0 Å². The van der Waals surface area contributed by atoms with E-state index in [1.807, 2.05) is 19.9 Å². The largest absolute Gasteiger partial charge is 0.461 e. The van der Waals surface area contributed by atoms with E-state index in [9.17, 15) is 0 Å². The Kier molecular flexibility index (Phi) is 5.08. The number of thiophene rings is 1. The fourth-order valence-corrected chi connectivity index (χ4v) is 2.22. The minimum absolute atomic E-state index is 0.0120. The number of aromatic nitrogens is 3. The van der Waals surface area contributed by atoms with Crippen molar-refractivity contribution in [2.75, 3.05) is 17.3 Å². The number of nitrogen functional groups attached to an aromatic ring is 1. The van der Waals surface area contributed by atoms with E-state index in [1.165, 1.54) is 4.88 Å². The molecule has 0 saturated carbocycles. The fraction of sp³-hybridized carbons (Fsp3) is 0.417. The van der Waals surface area contributed by atoms with Gasteiger partial charge in [-0.05, 0) is 31.7 Å². The van der Waals surface area contributed by atoms with Crippen LogP contribution < -0.4 is 21.3 Å². The van der Waals surface area contributed by atoms with Crippen molar-refractivity contribution in [3.8, 4) is 6.01 Å². The van der Waals surface area contributed by atoms with Crippen LogP contribution in [0.3, 0.4) is 0 Å². The molecule has 0 spiro atoms. The first-order valence-electron chi connectivity index (χ1n) is 6.33. The van der Waals surface area contributed by atoms with Crippen LogP contribution in [0.5, 0.6) is 6.01 Å². The Morgan fingerprint density at radius 2 is 2.10 bits per heavy atom. The number of anilines is 2. The third kappa shape index (κ3) is 4.32. The van der Waals surface area contributed by atoms with Gasteiger partial charge >= 0.3 is 6.01 Å². The third-order valence-corrected chi connectivity index (χ3v) is 3.26. The van der Waals surface area contributed by atoms with Crippen molar-refractivity contribution in [3.05, 3.63) is 22.4 Å². The van der Waals surface area contributed by atoms with E-state index in [1.54, 1.807) is 11.3 Å². The molecule has 0 aromatic carbocycles. The molecule has 2 rings (SSSR count). The number of hydrogen-bond donors (Lipinski definition) is 3. The Balaban J connectivity index is 1.98. The average molecular weight is 294 g/mol. The van der Waals surface area contributed by atoms with Gasteiger partial charge in [0.1, 0.15) is 0 Å². The molecule has 0 radical (unpaired) electrons. The summed E-state index contributed by atoms with van der Waals surface area (Å²) in [7, 11) is 0. The van der Waals surface area contributed by atoms with Gasteiger partial charge in [0.25, 0.3) is 0 Å². The molecular weight excluding hydrogens is 276 g/mol. The summed E-state index contributed by atoms with van der Waals surface area (Å²) in [6, 6.07) is 4.38. The SMILES string of the molecule is CC(C)Oc1nc(NN)nc(NCCc2cccs2)n1. The number of nitrogens with two attached hydrogens (primary N) is 1. The van der Waals surface area contributed by atoms with E-state index in [4.69, 9.17) is 10.6 Å². The van der Waals surface area contributed by atoms with Crippen molar-refractivity contribution < 1.29 is 4.74 Å². The summed E-state index contributed by atoms with van der Waals surface area (Å²) in [5.41, 5.74) is 2.40. The second kappa shape index (κ2) is 7.01. The maximum atomic E-state index is 5.45. The van der Waals surface area contributed by atoms with Crippen molar-refractivity contribution in [2.24, 2.45) is 5.84 Å². The van der Waals surface area contributed by atoms with Crippen molar-refractivity contribution in [3.63, 3.8) is 0 Å². The van der Waals surface area contributed by atoms with Crippen LogP contribution >= 0.6 is 11.3 Å². The molecule has 0 aliphatic heterocycles. The van der Waals surface area contributed by atoms with E-state index in [0.717, 1.165) is 13.0 Å². The predicted molar refractivity (Wildman–Crippen MR) is 79.9 cm³/mol. The second-order valence-electron chi connectivity index (χ2n) is 4.33. The summed E-state index contributed by atoms with van der Waals surface area (Å²) in [5, 5.41) is 5.20. The zero-order valence-electron chi connectivity index (χ0n) is 11.5. The Morgan fingerprint density at radius 3 is 2.75 bits per heavy atom. The minimum Gasteiger partial charge on any atom is -0.461 e. The smallest absolute Gasteiger partial charge is 0.323 e. The van der Waals surface area contributed by atoms with Gasteiger partial charge in [-0.1, -0.05) is 6.07 Å². The highest BCUT2D eigenvalue weighted by Crippen LogP contribution is 2.13. The van der Waals surface area contributed by atoms with Gasteiger partial charge in [-0.15, -0.1) is 11.3 Å². The van der Waals surface area contributed by atoms with Crippen LogP contribution in [-0.4, -0.2) is 27.6 Å². The molecule has 20 heavy (non-hydrogen) atoms. The summed E-state index contributed by atoms with van der Waals surface area (Å²) >= 11 is 1.73. The lowest BCUT2D eigenvalue weighted by atomic mass is 10.3. The van der Waals surface area contributed by atoms with Crippen molar-refractivity contribution in [2.45, 2.75) is 26.4 Å². The third-order valence-electron chi connectivity index (χ3n) is 2.32. The molecule has 7 nitrogen and oxygen atoms in total. The van der Waals surface area contributed by atoms with Gasteiger partial charge < -0.3 is 10.1 Å². The Hall–Kier alpha value is -1.93. The maximum absolute atomic E-state index is 5.45. The zero-order chi connectivity index (χ0) is 14.4. The summed E-state index contributed by atoms with van der Waals surface area (Å²) in [4.78, 5) is 13.7. The van der Waals surface area contributed by atoms with Gasteiger partial charge in [-0.25, -0.2) is 5.84 Å². The predicted octanol–water partition coefficient (Wildman–Crippen LogP) is 1.66. The highest BCUT2D eigenvalue weighted by Gasteiger charge is 2.08. The summed E-state index contributed by atoms with van der Waals surface area (Å²) in [6.45, 7) is 4.54. The highest BCUT2D eigenvalue weighted by molar-refractivity contribution is 7.09. The number of hydrazine groups is 1. The van der Waals surface area contributed by atoms with E-state index < -0.39 is 0 Å². The lowest BCUT2D eigenvalue weighted by Gasteiger charge is -2.10. The molecule has 0 fully saturated rings. The number of hydrogen-bond acceptors (Lipinski definition) is 8. The summed E-state index contributed by atoms with van der Waals surface area (Å²) in [6.07, 6.45) is 0.900. The molecule has 0 amide bonds. The number of rotatable bonds is 7. The molecule has 2 aromatic rings. The normalized spacial score (nSPS) is 10.6. The molecule has 4 N–H and O–H groups in total. The van der Waals surface area contributed by atoms with Crippen LogP contribution in [0.25, 0.3) is 0 Å². The first kappa shape index (κ1) is 14.5. The Labute approximate surface area is 121 Å². The molecule has 0 unspecified atom stereocenters. The molecule has 8 heteroatoms. The Bertz CT molecular complexity index is 531. The standard InChI is InChI=1S/C12H18N6OS/c1-8(2)19-12-16-10(15-11(17-12)18-13)14-6-5-9-4-3-7-20-9/h3-4,7-8H,5-6,13H2,1-2H3,(H2,14,15,16,17,18). The van der Waals surface area contributed by atoms with E-state index >= 15 is 0 Å². The molecule has 0 atom stereocenters. The molecule has 2 aromatic heterocycles. The fourth-order valence-electron chi connectivity index (χ4n) is 1.52. The quantitative estimate of drug-likeness (QED) is 0.527. The molecule has 108 valence electrons. The minimum atomic E-state index is -0.0120.